The van der Waals surface area contributed by atoms with E-state index in [1.165, 1.54) is 25.3 Å². The first-order chi connectivity index (χ1) is 12.3. The number of esters is 1. The second kappa shape index (κ2) is 8.30. The van der Waals surface area contributed by atoms with E-state index in [1.54, 1.807) is 19.1 Å². The fraction of sp³-hybridized carbons (Fsp3) is 0.176. The molecule has 0 heterocycles. The molecule has 0 radical (unpaired) electrons. The number of rotatable bonds is 6. The molecule has 0 unspecified atom stereocenters. The summed E-state index contributed by atoms with van der Waals surface area (Å²) in [5.74, 6) is -0.964. The van der Waals surface area contributed by atoms with Gasteiger partial charge in [-0.05, 0) is 31.2 Å². The standard InChI is InChI=1S/C17H15ClN2O6/c1-10-3-4-11(7-14(10)20(23)24)17(22)26-9-16(21)19-12-5-6-15(25-2)13(18)8-12/h3-8H,9H2,1-2H3,(H,19,21). The average molecular weight is 379 g/mol. The molecule has 136 valence electrons. The smallest absolute Gasteiger partial charge is 0.338 e. The van der Waals surface area contributed by atoms with Gasteiger partial charge in [-0.25, -0.2) is 4.79 Å². The Morgan fingerprint density at radius 2 is 1.96 bits per heavy atom. The van der Waals surface area contributed by atoms with Crippen LogP contribution in [0.15, 0.2) is 36.4 Å². The molecule has 0 aliphatic carbocycles. The maximum absolute atomic E-state index is 12.0. The van der Waals surface area contributed by atoms with Gasteiger partial charge in [-0.2, -0.15) is 0 Å². The van der Waals surface area contributed by atoms with Gasteiger partial charge in [-0.15, -0.1) is 0 Å². The van der Waals surface area contributed by atoms with Crippen LogP contribution in [0.3, 0.4) is 0 Å². The van der Waals surface area contributed by atoms with Crippen molar-refractivity contribution in [3.05, 3.63) is 62.7 Å². The Bertz CT molecular complexity index is 868. The first-order valence-corrected chi connectivity index (χ1v) is 7.75. The number of aryl methyl sites for hydroxylation is 1. The number of anilines is 1. The highest BCUT2D eigenvalue weighted by Crippen LogP contribution is 2.27. The third-order valence-electron chi connectivity index (χ3n) is 3.41. The minimum atomic E-state index is -0.837. The molecule has 2 rings (SSSR count). The molecule has 8 nitrogen and oxygen atoms in total. The predicted molar refractivity (Wildman–Crippen MR) is 94.7 cm³/mol. The lowest BCUT2D eigenvalue weighted by Gasteiger charge is -2.09. The molecule has 0 bridgehead atoms. The number of amides is 1. The molecule has 0 fully saturated rings. The molecule has 0 aromatic heterocycles. The molecular formula is C17H15ClN2O6. The van der Waals surface area contributed by atoms with Crippen LogP contribution in [-0.2, 0) is 9.53 Å². The van der Waals surface area contributed by atoms with E-state index in [9.17, 15) is 19.7 Å². The average Bonchev–Trinajstić information content (AvgIpc) is 2.60. The van der Waals surface area contributed by atoms with E-state index in [1.807, 2.05) is 0 Å². The Labute approximate surface area is 153 Å². The second-order valence-corrected chi connectivity index (χ2v) is 5.64. The summed E-state index contributed by atoms with van der Waals surface area (Å²) < 4.78 is 9.89. The molecule has 9 heteroatoms. The van der Waals surface area contributed by atoms with Crippen molar-refractivity contribution in [2.45, 2.75) is 6.92 Å². The van der Waals surface area contributed by atoms with Gasteiger partial charge < -0.3 is 14.8 Å². The zero-order valence-corrected chi connectivity index (χ0v) is 14.7. The highest BCUT2D eigenvalue weighted by molar-refractivity contribution is 6.32. The minimum absolute atomic E-state index is 0.0115. The Kier molecular flexibility index (Phi) is 6.13. The number of nitrogens with zero attached hydrogens (tertiary/aromatic N) is 1. The van der Waals surface area contributed by atoms with E-state index in [0.29, 0.717) is 22.0 Å². The van der Waals surface area contributed by atoms with Gasteiger partial charge in [0.05, 0.1) is 22.6 Å². The Balaban J connectivity index is 1.97. The maximum atomic E-state index is 12.0. The molecule has 2 aromatic rings. The van der Waals surface area contributed by atoms with Gasteiger partial charge in [-0.3, -0.25) is 14.9 Å². The summed E-state index contributed by atoms with van der Waals surface area (Å²) in [6, 6.07) is 8.59. The lowest BCUT2D eigenvalue weighted by Crippen LogP contribution is -2.21. The molecule has 0 saturated carbocycles. The number of nitrogens with one attached hydrogen (secondary N) is 1. The summed E-state index contributed by atoms with van der Waals surface area (Å²) in [7, 11) is 1.47. The summed E-state index contributed by atoms with van der Waals surface area (Å²) in [4.78, 5) is 34.2. The topological polar surface area (TPSA) is 108 Å². The van der Waals surface area contributed by atoms with E-state index in [-0.39, 0.29) is 11.3 Å². The van der Waals surface area contributed by atoms with E-state index in [2.05, 4.69) is 5.32 Å². The third kappa shape index (κ3) is 4.70. The van der Waals surface area contributed by atoms with Gasteiger partial charge in [0.15, 0.2) is 6.61 Å². The van der Waals surface area contributed by atoms with Crippen LogP contribution in [-0.4, -0.2) is 30.5 Å². The molecule has 0 atom stereocenters. The van der Waals surface area contributed by atoms with Gasteiger partial charge in [-0.1, -0.05) is 17.7 Å². The summed E-state index contributed by atoms with van der Waals surface area (Å²) >= 11 is 5.96. The lowest BCUT2D eigenvalue weighted by atomic mass is 10.1. The Hall–Kier alpha value is -3.13. The SMILES string of the molecule is COc1ccc(NC(=O)COC(=O)c2ccc(C)c([N+](=O)[O-])c2)cc1Cl. The predicted octanol–water partition coefficient (Wildman–Crippen LogP) is 3.36. The zero-order valence-electron chi connectivity index (χ0n) is 13.9. The van der Waals surface area contributed by atoms with Crippen LogP contribution < -0.4 is 10.1 Å². The van der Waals surface area contributed by atoms with E-state index < -0.39 is 23.4 Å². The monoisotopic (exact) mass is 378 g/mol. The summed E-state index contributed by atoms with van der Waals surface area (Å²) in [5, 5.41) is 13.7. The van der Waals surface area contributed by atoms with Crippen LogP contribution in [0.1, 0.15) is 15.9 Å². The molecule has 1 N–H and O–H groups in total. The summed E-state index contributed by atoms with van der Waals surface area (Å²) in [5.41, 5.74) is 0.614. The number of benzene rings is 2. The third-order valence-corrected chi connectivity index (χ3v) is 3.71. The molecule has 0 aliphatic rings. The van der Waals surface area contributed by atoms with Crippen LogP contribution >= 0.6 is 11.6 Å². The van der Waals surface area contributed by atoms with Gasteiger partial charge in [0.25, 0.3) is 11.6 Å². The largest absolute Gasteiger partial charge is 0.495 e. The van der Waals surface area contributed by atoms with Crippen molar-refractivity contribution in [1.82, 2.24) is 0 Å². The van der Waals surface area contributed by atoms with Gasteiger partial charge in [0, 0.05) is 17.3 Å². The fourth-order valence-corrected chi connectivity index (χ4v) is 2.35. The van der Waals surface area contributed by atoms with Gasteiger partial charge >= 0.3 is 5.97 Å². The molecule has 0 saturated heterocycles. The van der Waals surface area contributed by atoms with E-state index in [0.717, 1.165) is 6.07 Å². The molecule has 2 aromatic carbocycles. The molecular weight excluding hydrogens is 364 g/mol. The number of methoxy groups -OCH3 is 1. The van der Waals surface area contributed by atoms with Crippen molar-refractivity contribution in [2.75, 3.05) is 19.0 Å². The number of hydrogen-bond acceptors (Lipinski definition) is 6. The maximum Gasteiger partial charge on any atom is 0.338 e. The van der Waals surface area contributed by atoms with Gasteiger partial charge in [0.2, 0.25) is 0 Å². The number of nitro groups is 1. The number of nitro benzene ring substituents is 1. The van der Waals surface area contributed by atoms with Crippen LogP contribution in [0, 0.1) is 17.0 Å². The fourth-order valence-electron chi connectivity index (χ4n) is 2.09. The van der Waals surface area contributed by atoms with Crippen molar-refractivity contribution in [3.63, 3.8) is 0 Å². The van der Waals surface area contributed by atoms with Crippen molar-refractivity contribution < 1.29 is 24.0 Å². The zero-order chi connectivity index (χ0) is 19.3. The quantitative estimate of drug-likeness (QED) is 0.469. The van der Waals surface area contributed by atoms with Crippen LogP contribution in [0.5, 0.6) is 5.75 Å². The second-order valence-electron chi connectivity index (χ2n) is 5.23. The first-order valence-electron chi connectivity index (χ1n) is 7.37. The molecule has 1 amide bonds. The lowest BCUT2D eigenvalue weighted by molar-refractivity contribution is -0.385. The minimum Gasteiger partial charge on any atom is -0.495 e. The first kappa shape index (κ1) is 19.2. The number of carbonyl (C=O) groups is 2. The summed E-state index contributed by atoms with van der Waals surface area (Å²) in [6.45, 7) is 1.00. The number of ether oxygens (including phenoxy) is 2. The number of halogens is 1. The van der Waals surface area contributed by atoms with Crippen molar-refractivity contribution >= 4 is 34.9 Å². The highest BCUT2D eigenvalue weighted by Gasteiger charge is 2.17. The van der Waals surface area contributed by atoms with Crippen molar-refractivity contribution in [1.29, 1.82) is 0 Å². The van der Waals surface area contributed by atoms with Crippen LogP contribution in [0.4, 0.5) is 11.4 Å². The van der Waals surface area contributed by atoms with Crippen LogP contribution in [0.2, 0.25) is 5.02 Å². The summed E-state index contributed by atoms with van der Waals surface area (Å²) in [6.07, 6.45) is 0. The van der Waals surface area contributed by atoms with E-state index >= 15 is 0 Å². The molecule has 0 aliphatic heterocycles. The highest BCUT2D eigenvalue weighted by atomic mass is 35.5. The van der Waals surface area contributed by atoms with Crippen LogP contribution in [0.25, 0.3) is 0 Å². The number of hydrogen-bond donors (Lipinski definition) is 1. The molecule has 0 spiro atoms. The van der Waals surface area contributed by atoms with Gasteiger partial charge in [0.1, 0.15) is 5.75 Å². The molecule has 26 heavy (non-hydrogen) atoms. The van der Waals surface area contributed by atoms with Crippen molar-refractivity contribution in [2.24, 2.45) is 0 Å². The Morgan fingerprint density at radius 1 is 1.23 bits per heavy atom. The van der Waals surface area contributed by atoms with E-state index in [4.69, 9.17) is 21.1 Å². The van der Waals surface area contributed by atoms with Crippen molar-refractivity contribution in [3.8, 4) is 5.75 Å². The Morgan fingerprint density at radius 3 is 2.58 bits per heavy atom. The number of carbonyl (C=O) groups excluding carboxylic acids is 2. The normalized spacial score (nSPS) is 10.1.